The third kappa shape index (κ3) is 4.71. The van der Waals surface area contributed by atoms with Crippen LogP contribution in [0, 0.1) is 11.3 Å². The number of nitrogens with one attached hydrogen (secondary N) is 1. The standard InChI is InChI=1S/C18H27BrClN/c1-4-18(2,3)14-5-8-16(9-6-14)21-12-13-11-15(20)7-10-17(13)19/h7,10-11,14,16,21H,4-6,8-9,12H2,1-3H3. The minimum atomic E-state index is 0.501. The summed E-state index contributed by atoms with van der Waals surface area (Å²) in [7, 11) is 0. The Hall–Kier alpha value is -0.0500. The SMILES string of the molecule is CCC(C)(C)C1CCC(NCc2cc(Cl)ccc2Br)CC1. The van der Waals surface area contributed by atoms with Gasteiger partial charge in [-0.1, -0.05) is 54.7 Å². The fraction of sp³-hybridized carbons (Fsp3) is 0.667. The minimum absolute atomic E-state index is 0.501. The van der Waals surface area contributed by atoms with Gasteiger partial charge in [0.1, 0.15) is 0 Å². The van der Waals surface area contributed by atoms with Crippen molar-refractivity contribution in [3.05, 3.63) is 33.3 Å². The van der Waals surface area contributed by atoms with Crippen LogP contribution in [0.15, 0.2) is 22.7 Å². The molecule has 0 heterocycles. The van der Waals surface area contributed by atoms with Crippen molar-refractivity contribution in [2.75, 3.05) is 0 Å². The highest BCUT2D eigenvalue weighted by Crippen LogP contribution is 2.40. The number of halogens is 2. The summed E-state index contributed by atoms with van der Waals surface area (Å²) in [6, 6.07) is 6.65. The molecule has 0 bridgehead atoms. The minimum Gasteiger partial charge on any atom is -0.310 e. The smallest absolute Gasteiger partial charge is 0.0410 e. The van der Waals surface area contributed by atoms with Crippen LogP contribution in [0.2, 0.25) is 5.02 Å². The summed E-state index contributed by atoms with van der Waals surface area (Å²) < 4.78 is 1.14. The lowest BCUT2D eigenvalue weighted by atomic mass is 9.69. The van der Waals surface area contributed by atoms with E-state index in [9.17, 15) is 0 Å². The molecule has 1 aliphatic carbocycles. The van der Waals surface area contributed by atoms with E-state index < -0.39 is 0 Å². The average molecular weight is 373 g/mol. The Morgan fingerprint density at radius 3 is 2.52 bits per heavy atom. The third-order valence-electron chi connectivity index (χ3n) is 5.33. The zero-order valence-electron chi connectivity index (χ0n) is 13.4. The molecule has 0 radical (unpaired) electrons. The van der Waals surface area contributed by atoms with Crippen molar-refractivity contribution in [1.82, 2.24) is 5.32 Å². The maximum Gasteiger partial charge on any atom is 0.0410 e. The van der Waals surface area contributed by atoms with E-state index in [-0.39, 0.29) is 0 Å². The van der Waals surface area contributed by atoms with Crippen molar-refractivity contribution in [1.29, 1.82) is 0 Å². The van der Waals surface area contributed by atoms with E-state index in [2.05, 4.69) is 42.0 Å². The molecule has 1 nitrogen and oxygen atoms in total. The molecular formula is C18H27BrClN. The maximum atomic E-state index is 6.07. The second kappa shape index (κ2) is 7.48. The monoisotopic (exact) mass is 371 g/mol. The van der Waals surface area contributed by atoms with Crippen LogP contribution in [-0.4, -0.2) is 6.04 Å². The van der Waals surface area contributed by atoms with Gasteiger partial charge in [-0.05, 0) is 60.8 Å². The van der Waals surface area contributed by atoms with Crippen LogP contribution >= 0.6 is 27.5 Å². The van der Waals surface area contributed by atoms with Gasteiger partial charge in [0.25, 0.3) is 0 Å². The number of rotatable bonds is 5. The summed E-state index contributed by atoms with van der Waals surface area (Å²) in [6.07, 6.45) is 6.59. The van der Waals surface area contributed by atoms with E-state index in [4.69, 9.17) is 11.6 Å². The summed E-state index contributed by atoms with van der Waals surface area (Å²) >= 11 is 9.68. The van der Waals surface area contributed by atoms with Gasteiger partial charge in [-0.25, -0.2) is 0 Å². The van der Waals surface area contributed by atoms with Gasteiger partial charge in [-0.3, -0.25) is 0 Å². The first-order valence-corrected chi connectivity index (χ1v) is 9.27. The normalized spacial score (nSPS) is 23.3. The fourth-order valence-corrected chi connectivity index (χ4v) is 3.88. The Balaban J connectivity index is 1.83. The quantitative estimate of drug-likeness (QED) is 0.650. The molecule has 0 spiro atoms. The van der Waals surface area contributed by atoms with Crippen LogP contribution in [0.1, 0.15) is 58.4 Å². The van der Waals surface area contributed by atoms with Crippen LogP contribution in [0.4, 0.5) is 0 Å². The summed E-state index contributed by atoms with van der Waals surface area (Å²) in [5, 5.41) is 4.52. The van der Waals surface area contributed by atoms with Gasteiger partial charge in [-0.15, -0.1) is 0 Å². The van der Waals surface area contributed by atoms with E-state index >= 15 is 0 Å². The van der Waals surface area contributed by atoms with Crippen LogP contribution in [0.25, 0.3) is 0 Å². The fourth-order valence-electron chi connectivity index (χ4n) is 3.30. The zero-order chi connectivity index (χ0) is 15.5. The predicted molar refractivity (Wildman–Crippen MR) is 95.8 cm³/mol. The molecule has 1 aromatic carbocycles. The zero-order valence-corrected chi connectivity index (χ0v) is 15.7. The lowest BCUT2D eigenvalue weighted by molar-refractivity contribution is 0.137. The van der Waals surface area contributed by atoms with Crippen molar-refractivity contribution in [2.24, 2.45) is 11.3 Å². The van der Waals surface area contributed by atoms with Gasteiger partial charge < -0.3 is 5.32 Å². The molecule has 1 saturated carbocycles. The number of benzene rings is 1. The average Bonchev–Trinajstić information content (AvgIpc) is 2.48. The van der Waals surface area contributed by atoms with Gasteiger partial charge in [0.2, 0.25) is 0 Å². The number of hydrogen-bond donors (Lipinski definition) is 1. The molecule has 1 aliphatic rings. The van der Waals surface area contributed by atoms with E-state index in [1.54, 1.807) is 0 Å². The molecular weight excluding hydrogens is 346 g/mol. The van der Waals surface area contributed by atoms with Crippen molar-refractivity contribution in [3.63, 3.8) is 0 Å². The van der Waals surface area contributed by atoms with Gasteiger partial charge >= 0.3 is 0 Å². The molecule has 1 N–H and O–H groups in total. The molecule has 0 aromatic heterocycles. The maximum absolute atomic E-state index is 6.07. The molecule has 21 heavy (non-hydrogen) atoms. The Kier molecular flexibility index (Phi) is 6.16. The Bertz CT molecular complexity index is 464. The van der Waals surface area contributed by atoms with E-state index in [0.717, 1.165) is 22.0 Å². The lowest BCUT2D eigenvalue weighted by Gasteiger charge is -2.39. The summed E-state index contributed by atoms with van der Waals surface area (Å²) in [6.45, 7) is 8.07. The van der Waals surface area contributed by atoms with E-state index in [0.29, 0.717) is 11.5 Å². The molecule has 118 valence electrons. The van der Waals surface area contributed by atoms with Crippen LogP contribution in [0.5, 0.6) is 0 Å². The molecule has 1 aromatic rings. The van der Waals surface area contributed by atoms with Crippen LogP contribution in [0.3, 0.4) is 0 Å². The van der Waals surface area contributed by atoms with Crippen molar-refractivity contribution in [2.45, 2.75) is 65.5 Å². The molecule has 0 saturated heterocycles. The van der Waals surface area contributed by atoms with Crippen molar-refractivity contribution >= 4 is 27.5 Å². The second-order valence-corrected chi connectivity index (χ2v) is 8.30. The van der Waals surface area contributed by atoms with Crippen LogP contribution < -0.4 is 5.32 Å². The van der Waals surface area contributed by atoms with Gasteiger partial charge in [0.15, 0.2) is 0 Å². The molecule has 3 heteroatoms. The lowest BCUT2D eigenvalue weighted by Crippen LogP contribution is -2.36. The second-order valence-electron chi connectivity index (χ2n) is 7.01. The van der Waals surface area contributed by atoms with E-state index in [1.165, 1.54) is 37.7 Å². The molecule has 0 unspecified atom stereocenters. The Morgan fingerprint density at radius 2 is 1.90 bits per heavy atom. The largest absolute Gasteiger partial charge is 0.310 e. The highest BCUT2D eigenvalue weighted by Gasteiger charge is 2.31. The number of hydrogen-bond acceptors (Lipinski definition) is 1. The highest BCUT2D eigenvalue weighted by molar-refractivity contribution is 9.10. The molecule has 0 amide bonds. The molecule has 0 aliphatic heterocycles. The Labute approximate surface area is 143 Å². The van der Waals surface area contributed by atoms with E-state index in [1.807, 2.05) is 18.2 Å². The first kappa shape index (κ1) is 17.3. The summed E-state index contributed by atoms with van der Waals surface area (Å²) in [5.74, 6) is 0.887. The molecule has 2 rings (SSSR count). The molecule has 0 atom stereocenters. The molecule has 1 fully saturated rings. The summed E-state index contributed by atoms with van der Waals surface area (Å²) in [5.41, 5.74) is 1.75. The van der Waals surface area contributed by atoms with Crippen molar-refractivity contribution < 1.29 is 0 Å². The third-order valence-corrected chi connectivity index (χ3v) is 6.34. The van der Waals surface area contributed by atoms with Gasteiger partial charge in [-0.2, -0.15) is 0 Å². The first-order valence-electron chi connectivity index (χ1n) is 8.09. The predicted octanol–water partition coefficient (Wildman–Crippen LogP) is 6.19. The first-order chi connectivity index (χ1) is 9.92. The van der Waals surface area contributed by atoms with Crippen LogP contribution in [-0.2, 0) is 6.54 Å². The topological polar surface area (TPSA) is 12.0 Å². The van der Waals surface area contributed by atoms with Gasteiger partial charge in [0, 0.05) is 22.1 Å². The summed E-state index contributed by atoms with van der Waals surface area (Å²) in [4.78, 5) is 0. The van der Waals surface area contributed by atoms with Gasteiger partial charge in [0.05, 0.1) is 0 Å². The highest BCUT2D eigenvalue weighted by atomic mass is 79.9. The Morgan fingerprint density at radius 1 is 1.24 bits per heavy atom. The van der Waals surface area contributed by atoms with Crippen molar-refractivity contribution in [3.8, 4) is 0 Å².